The number of hydrogen-bond donors (Lipinski definition) is 1. The average molecular weight is 365 g/mol. The molecular formula is C19H22Cl2N2O. The lowest BCUT2D eigenvalue weighted by atomic mass is 10.1. The summed E-state index contributed by atoms with van der Waals surface area (Å²) in [5.41, 5.74) is 3.24. The van der Waals surface area contributed by atoms with Crippen LogP contribution in [-0.2, 0) is 11.2 Å². The molecule has 2 aromatic rings. The van der Waals surface area contributed by atoms with Gasteiger partial charge in [0.15, 0.2) is 0 Å². The topological polar surface area (TPSA) is 32.3 Å². The summed E-state index contributed by atoms with van der Waals surface area (Å²) in [6.45, 7) is 1.93. The van der Waals surface area contributed by atoms with Gasteiger partial charge in [-0.15, -0.1) is 0 Å². The Hall–Kier alpha value is -1.71. The van der Waals surface area contributed by atoms with Crippen LogP contribution in [0.2, 0.25) is 10.0 Å². The monoisotopic (exact) mass is 364 g/mol. The molecule has 0 aliphatic carbocycles. The SMILES string of the molecule is CC(NC(=O)CCc1ccc(N(C)C)cc1)c1ccc(Cl)c(Cl)c1. The van der Waals surface area contributed by atoms with E-state index in [1.165, 1.54) is 0 Å². The maximum atomic E-state index is 12.1. The van der Waals surface area contributed by atoms with Crippen LogP contribution in [0.5, 0.6) is 0 Å². The molecule has 128 valence electrons. The van der Waals surface area contributed by atoms with Crippen LogP contribution in [0, 0.1) is 0 Å². The number of rotatable bonds is 6. The van der Waals surface area contributed by atoms with Crippen molar-refractivity contribution < 1.29 is 4.79 Å². The van der Waals surface area contributed by atoms with E-state index in [0.717, 1.165) is 16.8 Å². The van der Waals surface area contributed by atoms with Gasteiger partial charge in [-0.1, -0.05) is 41.4 Å². The van der Waals surface area contributed by atoms with Gasteiger partial charge in [-0.25, -0.2) is 0 Å². The van der Waals surface area contributed by atoms with Gasteiger partial charge in [0.25, 0.3) is 0 Å². The van der Waals surface area contributed by atoms with Crippen LogP contribution in [0.15, 0.2) is 42.5 Å². The Morgan fingerprint density at radius 2 is 1.75 bits per heavy atom. The van der Waals surface area contributed by atoms with Gasteiger partial charge in [0.2, 0.25) is 5.91 Å². The van der Waals surface area contributed by atoms with Crippen molar-refractivity contribution in [2.75, 3.05) is 19.0 Å². The van der Waals surface area contributed by atoms with Gasteiger partial charge in [0, 0.05) is 26.2 Å². The summed E-state index contributed by atoms with van der Waals surface area (Å²) in [6.07, 6.45) is 1.17. The number of anilines is 1. The van der Waals surface area contributed by atoms with Gasteiger partial charge in [0.05, 0.1) is 16.1 Å². The minimum atomic E-state index is -0.108. The quantitative estimate of drug-likeness (QED) is 0.792. The van der Waals surface area contributed by atoms with Crippen molar-refractivity contribution in [1.29, 1.82) is 0 Å². The summed E-state index contributed by atoms with van der Waals surface area (Å²) < 4.78 is 0. The Morgan fingerprint density at radius 1 is 1.08 bits per heavy atom. The van der Waals surface area contributed by atoms with Crippen LogP contribution in [0.1, 0.15) is 30.5 Å². The Labute approximate surface area is 153 Å². The summed E-state index contributed by atoms with van der Waals surface area (Å²) in [4.78, 5) is 14.2. The maximum Gasteiger partial charge on any atom is 0.220 e. The molecule has 5 heteroatoms. The molecule has 1 N–H and O–H groups in total. The summed E-state index contributed by atoms with van der Waals surface area (Å²) in [5, 5.41) is 4.00. The average Bonchev–Trinajstić information content (AvgIpc) is 2.55. The standard InChI is InChI=1S/C19H22Cl2N2O/c1-13(15-7-10-17(20)18(21)12-15)22-19(24)11-6-14-4-8-16(9-5-14)23(2)3/h4-5,7-10,12-13H,6,11H2,1-3H3,(H,22,24). The Morgan fingerprint density at radius 3 is 2.33 bits per heavy atom. The predicted molar refractivity (Wildman–Crippen MR) is 102 cm³/mol. The molecule has 0 aromatic heterocycles. The van der Waals surface area contributed by atoms with Gasteiger partial charge in [-0.3, -0.25) is 4.79 Å². The molecule has 1 amide bonds. The fourth-order valence-corrected chi connectivity index (χ4v) is 2.70. The van der Waals surface area contributed by atoms with E-state index >= 15 is 0 Å². The summed E-state index contributed by atoms with van der Waals surface area (Å²) in [6, 6.07) is 13.5. The van der Waals surface area contributed by atoms with E-state index in [-0.39, 0.29) is 11.9 Å². The summed E-state index contributed by atoms with van der Waals surface area (Å²) in [5.74, 6) is 0.0188. The smallest absolute Gasteiger partial charge is 0.220 e. The van der Waals surface area contributed by atoms with Crippen molar-refractivity contribution in [3.05, 3.63) is 63.6 Å². The molecule has 2 rings (SSSR count). The second-order valence-corrected chi connectivity index (χ2v) is 6.84. The second-order valence-electron chi connectivity index (χ2n) is 6.02. The maximum absolute atomic E-state index is 12.1. The summed E-state index contributed by atoms with van der Waals surface area (Å²) in [7, 11) is 4.01. The first-order chi connectivity index (χ1) is 11.4. The zero-order valence-corrected chi connectivity index (χ0v) is 15.7. The summed E-state index contributed by atoms with van der Waals surface area (Å²) >= 11 is 11.9. The molecule has 0 aliphatic heterocycles. The molecule has 0 bridgehead atoms. The van der Waals surface area contributed by atoms with Crippen LogP contribution >= 0.6 is 23.2 Å². The molecule has 0 heterocycles. The van der Waals surface area contributed by atoms with Crippen molar-refractivity contribution >= 4 is 34.8 Å². The third-order valence-corrected chi connectivity index (χ3v) is 4.65. The number of nitrogens with zero attached hydrogens (tertiary/aromatic N) is 1. The van der Waals surface area contributed by atoms with Crippen molar-refractivity contribution in [1.82, 2.24) is 5.32 Å². The van der Waals surface area contributed by atoms with E-state index in [4.69, 9.17) is 23.2 Å². The molecule has 2 aromatic carbocycles. The lowest BCUT2D eigenvalue weighted by Crippen LogP contribution is -2.26. The minimum absolute atomic E-state index is 0.0188. The third kappa shape index (κ3) is 5.15. The van der Waals surface area contributed by atoms with Gasteiger partial charge >= 0.3 is 0 Å². The number of amides is 1. The zero-order valence-electron chi connectivity index (χ0n) is 14.1. The van der Waals surface area contributed by atoms with Crippen LogP contribution in [0.3, 0.4) is 0 Å². The van der Waals surface area contributed by atoms with Crippen molar-refractivity contribution in [3.8, 4) is 0 Å². The highest BCUT2D eigenvalue weighted by atomic mass is 35.5. The molecule has 0 spiro atoms. The Balaban J connectivity index is 1.87. The molecule has 0 radical (unpaired) electrons. The van der Waals surface area contributed by atoms with Gasteiger partial charge in [0.1, 0.15) is 0 Å². The minimum Gasteiger partial charge on any atom is -0.378 e. The lowest BCUT2D eigenvalue weighted by molar-refractivity contribution is -0.121. The van der Waals surface area contributed by atoms with E-state index in [9.17, 15) is 4.79 Å². The Bertz CT molecular complexity index is 699. The highest BCUT2D eigenvalue weighted by molar-refractivity contribution is 6.42. The first kappa shape index (κ1) is 18.6. The number of nitrogens with one attached hydrogen (secondary N) is 1. The van der Waals surface area contributed by atoms with Gasteiger partial charge < -0.3 is 10.2 Å². The first-order valence-electron chi connectivity index (χ1n) is 7.87. The normalized spacial score (nSPS) is 11.9. The van der Waals surface area contributed by atoms with Crippen LogP contribution in [0.25, 0.3) is 0 Å². The zero-order chi connectivity index (χ0) is 17.7. The fourth-order valence-electron chi connectivity index (χ4n) is 2.40. The largest absolute Gasteiger partial charge is 0.378 e. The molecule has 0 saturated heterocycles. The highest BCUT2D eigenvalue weighted by Crippen LogP contribution is 2.25. The number of carbonyl (C=O) groups excluding carboxylic acids is 1. The van der Waals surface area contributed by atoms with E-state index in [1.54, 1.807) is 12.1 Å². The third-order valence-electron chi connectivity index (χ3n) is 3.91. The van der Waals surface area contributed by atoms with Crippen molar-refractivity contribution in [3.63, 3.8) is 0 Å². The molecule has 0 aliphatic rings. The van der Waals surface area contributed by atoms with Crippen molar-refractivity contribution in [2.24, 2.45) is 0 Å². The Kier molecular flexibility index (Phi) is 6.52. The molecule has 1 unspecified atom stereocenters. The second kappa shape index (κ2) is 8.41. The van der Waals surface area contributed by atoms with Gasteiger partial charge in [-0.2, -0.15) is 0 Å². The number of aryl methyl sites for hydroxylation is 1. The fraction of sp³-hybridized carbons (Fsp3) is 0.316. The number of hydrogen-bond acceptors (Lipinski definition) is 2. The van der Waals surface area contributed by atoms with Crippen LogP contribution in [-0.4, -0.2) is 20.0 Å². The molecule has 24 heavy (non-hydrogen) atoms. The van der Waals surface area contributed by atoms with E-state index in [2.05, 4.69) is 34.5 Å². The van der Waals surface area contributed by atoms with Gasteiger partial charge in [-0.05, 0) is 48.7 Å². The van der Waals surface area contributed by atoms with Crippen LogP contribution in [0.4, 0.5) is 5.69 Å². The van der Waals surface area contributed by atoms with Crippen molar-refractivity contribution in [2.45, 2.75) is 25.8 Å². The molecule has 1 atom stereocenters. The molecule has 0 saturated carbocycles. The van der Waals surface area contributed by atoms with E-state index in [1.807, 2.05) is 27.1 Å². The number of halogens is 2. The molecule has 0 fully saturated rings. The number of carbonyl (C=O) groups is 1. The van der Waals surface area contributed by atoms with Crippen LogP contribution < -0.4 is 10.2 Å². The van der Waals surface area contributed by atoms with E-state index < -0.39 is 0 Å². The molecular weight excluding hydrogens is 343 g/mol. The van der Waals surface area contributed by atoms with E-state index in [0.29, 0.717) is 22.9 Å². The highest BCUT2D eigenvalue weighted by Gasteiger charge is 2.11. The molecule has 3 nitrogen and oxygen atoms in total. The predicted octanol–water partition coefficient (Wildman–Crippen LogP) is 4.87. The first-order valence-corrected chi connectivity index (χ1v) is 8.63. The number of benzene rings is 2. The lowest BCUT2D eigenvalue weighted by Gasteiger charge is -2.15.